The lowest BCUT2D eigenvalue weighted by Gasteiger charge is -2.29. The Morgan fingerprint density at radius 3 is 2.54 bits per heavy atom. The zero-order valence-electron chi connectivity index (χ0n) is 28.4. The van der Waals surface area contributed by atoms with E-state index >= 15 is 0 Å². The predicted octanol–water partition coefficient (Wildman–Crippen LogP) is 8.11. The molecule has 0 unspecified atom stereocenters. The van der Waals surface area contributed by atoms with Gasteiger partial charge in [-0.3, -0.25) is 14.6 Å². The van der Waals surface area contributed by atoms with Crippen LogP contribution in [0.5, 0.6) is 5.75 Å². The Morgan fingerprint density at radius 2 is 1.84 bits per heavy atom. The van der Waals surface area contributed by atoms with Crippen LogP contribution >= 0.6 is 23.2 Å². The molecule has 50 heavy (non-hydrogen) atoms. The highest BCUT2D eigenvalue weighted by molar-refractivity contribution is 6.39. The van der Waals surface area contributed by atoms with Crippen LogP contribution in [-0.4, -0.2) is 63.0 Å². The summed E-state index contributed by atoms with van der Waals surface area (Å²) < 4.78 is 13.3. The number of nitrogens with zero attached hydrogens (tertiary/aromatic N) is 4. The zero-order valence-corrected chi connectivity index (χ0v) is 29.9. The average molecular weight is 715 g/mol. The van der Waals surface area contributed by atoms with Crippen LogP contribution in [0.3, 0.4) is 0 Å². The smallest absolute Gasteiger partial charge is 0.410 e. The van der Waals surface area contributed by atoms with Crippen molar-refractivity contribution in [3.05, 3.63) is 88.2 Å². The number of rotatable bonds is 9. The summed E-state index contributed by atoms with van der Waals surface area (Å²) in [6, 6.07) is 16.6. The largest absolute Gasteiger partial charge is 0.496 e. The fourth-order valence-electron chi connectivity index (χ4n) is 6.16. The van der Waals surface area contributed by atoms with Crippen molar-refractivity contribution >= 4 is 52.5 Å². The van der Waals surface area contributed by atoms with Crippen molar-refractivity contribution in [2.45, 2.75) is 51.8 Å². The van der Waals surface area contributed by atoms with Crippen molar-refractivity contribution < 1.29 is 23.9 Å². The Labute approximate surface area is 300 Å². The summed E-state index contributed by atoms with van der Waals surface area (Å²) in [4.78, 5) is 47.7. The topological polar surface area (TPSA) is 116 Å². The molecule has 1 fully saturated rings. The minimum Gasteiger partial charge on any atom is -0.496 e. The molecule has 3 aromatic heterocycles. The molecule has 1 saturated heterocycles. The average Bonchev–Trinajstić information content (AvgIpc) is 3.65. The second-order valence-electron chi connectivity index (χ2n) is 13.3. The highest BCUT2D eigenvalue weighted by atomic mass is 35.5. The first kappa shape index (κ1) is 34.9. The third kappa shape index (κ3) is 7.18. The van der Waals surface area contributed by atoms with Gasteiger partial charge in [0.25, 0.3) is 0 Å². The minimum absolute atomic E-state index is 0.0276. The van der Waals surface area contributed by atoms with Gasteiger partial charge < -0.3 is 24.3 Å². The molecule has 10 nitrogen and oxygen atoms in total. The normalized spacial score (nSPS) is 14.5. The van der Waals surface area contributed by atoms with Gasteiger partial charge in [-0.25, -0.2) is 9.78 Å². The quantitative estimate of drug-likeness (QED) is 0.153. The Bertz CT molecular complexity index is 2120. The SMILES string of the molecule is COc1cc(-c2nccc(-c3cccc(-c4ccc5c(C=O)cn(C)c5n4)c3Cl)c2Cl)ccc1CN(C[C@@H]1CCC(=O)N1)C(=O)OC(C)(C)C. The maximum atomic E-state index is 13.3. The van der Waals surface area contributed by atoms with Crippen LogP contribution in [0.4, 0.5) is 4.79 Å². The molecule has 6 rings (SSSR count). The third-order valence-corrected chi connectivity index (χ3v) is 9.32. The summed E-state index contributed by atoms with van der Waals surface area (Å²) in [5.41, 5.74) is 5.30. The molecule has 2 aromatic carbocycles. The van der Waals surface area contributed by atoms with Crippen LogP contribution in [0, 0.1) is 0 Å². The molecule has 4 heterocycles. The van der Waals surface area contributed by atoms with Gasteiger partial charge in [0, 0.05) is 77.2 Å². The Kier molecular flexibility index (Phi) is 9.87. The molecular weight excluding hydrogens is 677 g/mol. The number of aryl methyl sites for hydroxylation is 1. The molecule has 0 radical (unpaired) electrons. The van der Waals surface area contributed by atoms with Crippen LogP contribution in [0.25, 0.3) is 44.7 Å². The number of fused-ring (bicyclic) bond motifs is 1. The number of hydrogen-bond donors (Lipinski definition) is 1. The van der Waals surface area contributed by atoms with E-state index in [9.17, 15) is 14.4 Å². The number of nitrogens with one attached hydrogen (secondary N) is 1. The van der Waals surface area contributed by atoms with Gasteiger partial charge >= 0.3 is 6.09 Å². The number of benzene rings is 2. The number of pyridine rings is 2. The number of carbonyl (C=O) groups excluding carboxylic acids is 3. The molecule has 0 saturated carbocycles. The zero-order chi connectivity index (χ0) is 35.7. The summed E-state index contributed by atoms with van der Waals surface area (Å²) in [6.45, 7) is 5.95. The molecule has 0 bridgehead atoms. The maximum absolute atomic E-state index is 13.3. The fourth-order valence-corrected chi connectivity index (χ4v) is 6.80. The van der Waals surface area contributed by atoms with Gasteiger partial charge in [0.15, 0.2) is 6.29 Å². The van der Waals surface area contributed by atoms with Crippen LogP contribution in [0.2, 0.25) is 10.0 Å². The predicted molar refractivity (Wildman–Crippen MR) is 195 cm³/mol. The van der Waals surface area contributed by atoms with Crippen LogP contribution in [0.1, 0.15) is 49.5 Å². The first-order valence-electron chi connectivity index (χ1n) is 16.2. The second-order valence-corrected chi connectivity index (χ2v) is 14.0. The number of carbonyl (C=O) groups is 3. The van der Waals surface area contributed by atoms with E-state index in [2.05, 4.69) is 10.3 Å². The lowest BCUT2D eigenvalue weighted by molar-refractivity contribution is -0.119. The number of methoxy groups -OCH3 is 1. The van der Waals surface area contributed by atoms with Crippen molar-refractivity contribution in [3.63, 3.8) is 0 Å². The lowest BCUT2D eigenvalue weighted by Crippen LogP contribution is -2.43. The van der Waals surface area contributed by atoms with Gasteiger partial charge in [0.2, 0.25) is 5.91 Å². The highest BCUT2D eigenvalue weighted by Gasteiger charge is 2.29. The van der Waals surface area contributed by atoms with Gasteiger partial charge in [-0.2, -0.15) is 0 Å². The number of halogens is 2. The molecule has 1 aliphatic rings. The van der Waals surface area contributed by atoms with E-state index in [0.29, 0.717) is 80.0 Å². The van der Waals surface area contributed by atoms with Gasteiger partial charge in [0.1, 0.15) is 17.0 Å². The van der Waals surface area contributed by atoms with Crippen LogP contribution < -0.4 is 10.1 Å². The van der Waals surface area contributed by atoms with Crippen molar-refractivity contribution in [3.8, 4) is 39.4 Å². The molecule has 2 amide bonds. The van der Waals surface area contributed by atoms with E-state index in [4.69, 9.17) is 37.7 Å². The van der Waals surface area contributed by atoms with Crippen LogP contribution in [0.15, 0.2) is 67.0 Å². The maximum Gasteiger partial charge on any atom is 0.410 e. The summed E-state index contributed by atoms with van der Waals surface area (Å²) in [6.07, 6.45) is 4.83. The van der Waals surface area contributed by atoms with Crippen molar-refractivity contribution in [2.24, 2.45) is 7.05 Å². The Hall–Kier alpha value is -4.93. The molecule has 1 atom stereocenters. The fraction of sp³-hybridized carbons (Fsp3) is 0.289. The molecule has 1 aliphatic heterocycles. The summed E-state index contributed by atoms with van der Waals surface area (Å²) in [7, 11) is 3.41. The standard InChI is InChI=1S/C38H37Cl2N5O5/c1-38(2,3)50-37(48)45(20-25-11-14-32(47)42-25)19-23-10-9-22(17-31(23)49-5)35-34(40)28(15-16-41-35)27-7-6-8-29(33(27)39)30-13-12-26-24(21-46)18-44(4)36(26)43-30/h6-10,12-13,15-18,21,25H,11,14,19-20H2,1-5H3,(H,42,47)/t25-/m0/s1. The van der Waals surface area contributed by atoms with E-state index in [1.54, 1.807) is 24.4 Å². The van der Waals surface area contributed by atoms with Gasteiger partial charge in [-0.1, -0.05) is 53.5 Å². The second kappa shape index (κ2) is 14.1. The third-order valence-electron chi connectivity index (χ3n) is 8.53. The number of aromatic nitrogens is 3. The molecule has 1 N–H and O–H groups in total. The summed E-state index contributed by atoms with van der Waals surface area (Å²) >= 11 is 14.1. The van der Waals surface area contributed by atoms with Crippen molar-refractivity contribution in [2.75, 3.05) is 13.7 Å². The molecule has 258 valence electrons. The van der Waals surface area contributed by atoms with Crippen molar-refractivity contribution in [1.82, 2.24) is 24.8 Å². The van der Waals surface area contributed by atoms with Crippen molar-refractivity contribution in [1.29, 1.82) is 0 Å². The monoisotopic (exact) mass is 713 g/mol. The molecule has 5 aromatic rings. The first-order valence-corrected chi connectivity index (χ1v) is 16.9. The molecule has 12 heteroatoms. The van der Waals surface area contributed by atoms with E-state index in [0.717, 1.165) is 17.2 Å². The lowest BCUT2D eigenvalue weighted by atomic mass is 9.99. The number of aldehydes is 1. The summed E-state index contributed by atoms with van der Waals surface area (Å²) in [5, 5.41) is 4.57. The minimum atomic E-state index is -0.689. The van der Waals surface area contributed by atoms with Gasteiger partial charge in [0.05, 0.1) is 35.1 Å². The van der Waals surface area contributed by atoms with Gasteiger partial charge in [-0.15, -0.1) is 0 Å². The molecule has 0 spiro atoms. The van der Waals surface area contributed by atoms with E-state index in [1.165, 1.54) is 0 Å². The number of amides is 2. The Morgan fingerprint density at radius 1 is 1.08 bits per heavy atom. The first-order chi connectivity index (χ1) is 23.9. The van der Waals surface area contributed by atoms with E-state index in [-0.39, 0.29) is 18.5 Å². The van der Waals surface area contributed by atoms with Crippen LogP contribution in [-0.2, 0) is 23.1 Å². The Balaban J connectivity index is 1.32. The molecule has 0 aliphatic carbocycles. The van der Waals surface area contributed by atoms with E-state index in [1.807, 2.05) is 87.0 Å². The highest BCUT2D eigenvalue weighted by Crippen LogP contribution is 2.42. The number of ether oxygens (including phenoxy) is 2. The number of hydrogen-bond acceptors (Lipinski definition) is 7. The van der Waals surface area contributed by atoms with E-state index < -0.39 is 11.7 Å². The van der Waals surface area contributed by atoms with Gasteiger partial charge in [-0.05, 0) is 51.5 Å². The molecular formula is C38H37Cl2N5O5. The summed E-state index contributed by atoms with van der Waals surface area (Å²) in [5.74, 6) is 0.509.